The molecule has 0 fully saturated rings. The summed E-state index contributed by atoms with van der Waals surface area (Å²) in [7, 11) is 1.59. The maximum Gasteiger partial charge on any atom is 0.246 e. The Morgan fingerprint density at radius 2 is 1.88 bits per heavy atom. The minimum absolute atomic E-state index is 0.225. The van der Waals surface area contributed by atoms with Gasteiger partial charge in [0.15, 0.2) is 0 Å². The Labute approximate surface area is 145 Å². The molecular formula is C19H20F2N2O2. The summed E-state index contributed by atoms with van der Waals surface area (Å²) in [4.78, 5) is 18.0. The molecule has 0 atom stereocenters. The van der Waals surface area contributed by atoms with Crippen molar-refractivity contribution in [2.24, 2.45) is 0 Å². The van der Waals surface area contributed by atoms with Gasteiger partial charge in [-0.05, 0) is 42.3 Å². The number of nitrogens with zero attached hydrogens (tertiary/aromatic N) is 2. The number of carbonyl (C=O) groups is 1. The molecule has 0 N–H and O–H groups in total. The SMILES string of the molecule is COCCCN(Cc1ccncc1)C(=O)/C=C/c1c(F)cccc1F. The van der Waals surface area contributed by atoms with Crippen molar-refractivity contribution >= 4 is 12.0 Å². The maximum atomic E-state index is 13.7. The van der Waals surface area contributed by atoms with Crippen LogP contribution in [0.2, 0.25) is 0 Å². The lowest BCUT2D eigenvalue weighted by Gasteiger charge is -2.21. The first-order valence-electron chi connectivity index (χ1n) is 7.90. The van der Waals surface area contributed by atoms with Gasteiger partial charge in [0.2, 0.25) is 5.91 Å². The highest BCUT2D eigenvalue weighted by molar-refractivity contribution is 5.91. The Hall–Kier alpha value is -2.60. The van der Waals surface area contributed by atoms with Crippen molar-refractivity contribution in [1.82, 2.24) is 9.88 Å². The number of pyridine rings is 1. The van der Waals surface area contributed by atoms with Crippen molar-refractivity contribution in [3.05, 3.63) is 71.6 Å². The van der Waals surface area contributed by atoms with Gasteiger partial charge < -0.3 is 9.64 Å². The van der Waals surface area contributed by atoms with Crippen molar-refractivity contribution in [1.29, 1.82) is 0 Å². The van der Waals surface area contributed by atoms with Gasteiger partial charge in [-0.15, -0.1) is 0 Å². The summed E-state index contributed by atoms with van der Waals surface area (Å²) >= 11 is 0. The van der Waals surface area contributed by atoms with Gasteiger partial charge in [-0.25, -0.2) is 8.78 Å². The van der Waals surface area contributed by atoms with Crippen LogP contribution in [-0.4, -0.2) is 36.1 Å². The molecule has 0 spiro atoms. The molecule has 25 heavy (non-hydrogen) atoms. The Morgan fingerprint density at radius 3 is 2.52 bits per heavy atom. The van der Waals surface area contributed by atoms with Crippen LogP contribution in [0.3, 0.4) is 0 Å². The van der Waals surface area contributed by atoms with E-state index < -0.39 is 11.6 Å². The molecule has 0 aliphatic carbocycles. The van der Waals surface area contributed by atoms with Gasteiger partial charge in [-0.1, -0.05) is 6.07 Å². The number of halogens is 2. The van der Waals surface area contributed by atoms with Crippen molar-refractivity contribution in [3.63, 3.8) is 0 Å². The first-order valence-corrected chi connectivity index (χ1v) is 7.90. The van der Waals surface area contributed by atoms with Crippen LogP contribution >= 0.6 is 0 Å². The lowest BCUT2D eigenvalue weighted by molar-refractivity contribution is -0.126. The third kappa shape index (κ3) is 5.76. The van der Waals surface area contributed by atoms with Crippen LogP contribution in [0.5, 0.6) is 0 Å². The fourth-order valence-electron chi connectivity index (χ4n) is 2.31. The molecule has 0 bridgehead atoms. The zero-order chi connectivity index (χ0) is 18.1. The Morgan fingerprint density at radius 1 is 1.20 bits per heavy atom. The lowest BCUT2D eigenvalue weighted by atomic mass is 10.1. The van der Waals surface area contributed by atoms with Crippen LogP contribution in [0.25, 0.3) is 6.08 Å². The summed E-state index contributed by atoms with van der Waals surface area (Å²) in [5, 5.41) is 0. The Kier molecular flexibility index (Phi) is 7.22. The quantitative estimate of drug-likeness (QED) is 0.543. The first-order chi connectivity index (χ1) is 12.1. The lowest BCUT2D eigenvalue weighted by Crippen LogP contribution is -2.30. The number of rotatable bonds is 8. The number of methoxy groups -OCH3 is 1. The topological polar surface area (TPSA) is 42.4 Å². The van der Waals surface area contributed by atoms with Crippen LogP contribution < -0.4 is 0 Å². The molecule has 132 valence electrons. The summed E-state index contributed by atoms with van der Waals surface area (Å²) in [5.74, 6) is -1.73. The molecule has 4 nitrogen and oxygen atoms in total. The fourth-order valence-corrected chi connectivity index (χ4v) is 2.31. The molecule has 0 aliphatic rings. The van der Waals surface area contributed by atoms with Crippen LogP contribution in [0.1, 0.15) is 17.5 Å². The average molecular weight is 346 g/mol. The number of hydrogen-bond donors (Lipinski definition) is 0. The van der Waals surface area contributed by atoms with E-state index in [2.05, 4.69) is 4.98 Å². The molecule has 2 aromatic rings. The highest BCUT2D eigenvalue weighted by Crippen LogP contribution is 2.14. The molecule has 6 heteroatoms. The van der Waals surface area contributed by atoms with Gasteiger partial charge in [0.1, 0.15) is 11.6 Å². The summed E-state index contributed by atoms with van der Waals surface area (Å²) in [6.45, 7) is 1.38. The van der Waals surface area contributed by atoms with Crippen LogP contribution in [0.15, 0.2) is 48.8 Å². The van der Waals surface area contributed by atoms with Crippen molar-refractivity contribution < 1.29 is 18.3 Å². The van der Waals surface area contributed by atoms with E-state index >= 15 is 0 Å². The summed E-state index contributed by atoms with van der Waals surface area (Å²) < 4.78 is 32.3. The number of aromatic nitrogens is 1. The summed E-state index contributed by atoms with van der Waals surface area (Å²) in [6.07, 6.45) is 6.32. The highest BCUT2D eigenvalue weighted by Gasteiger charge is 2.12. The van der Waals surface area contributed by atoms with Gasteiger partial charge in [0.25, 0.3) is 0 Å². The van der Waals surface area contributed by atoms with Crippen molar-refractivity contribution in [2.45, 2.75) is 13.0 Å². The average Bonchev–Trinajstić information content (AvgIpc) is 2.61. The zero-order valence-corrected chi connectivity index (χ0v) is 14.0. The van der Waals surface area contributed by atoms with E-state index in [1.807, 2.05) is 12.1 Å². The summed E-state index contributed by atoms with van der Waals surface area (Å²) in [5.41, 5.74) is 0.697. The number of benzene rings is 1. The molecule has 1 heterocycles. The van der Waals surface area contributed by atoms with Crippen LogP contribution in [0, 0.1) is 11.6 Å². The molecular weight excluding hydrogens is 326 g/mol. The number of hydrogen-bond acceptors (Lipinski definition) is 3. The molecule has 0 unspecified atom stereocenters. The Bertz CT molecular complexity index is 700. The summed E-state index contributed by atoms with van der Waals surface area (Å²) in [6, 6.07) is 7.22. The molecule has 0 saturated carbocycles. The van der Waals surface area contributed by atoms with Gasteiger partial charge in [0.05, 0.1) is 0 Å². The minimum Gasteiger partial charge on any atom is -0.385 e. The molecule has 1 aromatic heterocycles. The molecule has 0 radical (unpaired) electrons. The predicted molar refractivity (Wildman–Crippen MR) is 91.5 cm³/mol. The first kappa shape index (κ1) is 18.7. The largest absolute Gasteiger partial charge is 0.385 e. The van der Waals surface area contributed by atoms with E-state index in [0.717, 1.165) is 17.7 Å². The maximum absolute atomic E-state index is 13.7. The van der Waals surface area contributed by atoms with E-state index in [9.17, 15) is 13.6 Å². The van der Waals surface area contributed by atoms with Crippen molar-refractivity contribution in [3.8, 4) is 0 Å². The zero-order valence-electron chi connectivity index (χ0n) is 14.0. The monoisotopic (exact) mass is 346 g/mol. The molecule has 0 saturated heterocycles. The number of amides is 1. The van der Waals surface area contributed by atoms with E-state index in [0.29, 0.717) is 26.1 Å². The molecule has 1 aromatic carbocycles. The van der Waals surface area contributed by atoms with Crippen LogP contribution in [-0.2, 0) is 16.1 Å². The standard InChI is InChI=1S/C19H20F2N2O2/c1-25-13-3-12-23(14-15-8-10-22-11-9-15)19(24)7-6-16-17(20)4-2-5-18(16)21/h2,4-11H,3,12-14H2,1H3/b7-6+. The normalized spacial score (nSPS) is 11.0. The second-order valence-electron chi connectivity index (χ2n) is 5.43. The second-order valence-corrected chi connectivity index (χ2v) is 5.43. The van der Waals surface area contributed by atoms with Crippen molar-refractivity contribution in [2.75, 3.05) is 20.3 Å². The fraction of sp³-hybridized carbons (Fsp3) is 0.263. The molecule has 2 rings (SSSR count). The van der Waals surface area contributed by atoms with Gasteiger partial charge >= 0.3 is 0 Å². The molecule has 1 amide bonds. The second kappa shape index (κ2) is 9.64. The minimum atomic E-state index is -0.705. The third-order valence-electron chi connectivity index (χ3n) is 3.60. The predicted octanol–water partition coefficient (Wildman–Crippen LogP) is 3.44. The van der Waals surface area contributed by atoms with Gasteiger partial charge in [0, 0.05) is 50.8 Å². The molecule has 0 aliphatic heterocycles. The van der Waals surface area contributed by atoms with E-state index in [1.165, 1.54) is 18.2 Å². The van der Waals surface area contributed by atoms with E-state index in [4.69, 9.17) is 4.74 Å². The van der Waals surface area contributed by atoms with Crippen LogP contribution in [0.4, 0.5) is 8.78 Å². The third-order valence-corrected chi connectivity index (χ3v) is 3.60. The van der Waals surface area contributed by atoms with Gasteiger partial charge in [-0.2, -0.15) is 0 Å². The van der Waals surface area contributed by atoms with Gasteiger partial charge in [-0.3, -0.25) is 9.78 Å². The van der Waals surface area contributed by atoms with E-state index in [-0.39, 0.29) is 11.5 Å². The highest BCUT2D eigenvalue weighted by atomic mass is 19.1. The number of carbonyl (C=O) groups excluding carboxylic acids is 1. The number of ether oxygens (including phenoxy) is 1. The Balaban J connectivity index is 2.12. The van der Waals surface area contributed by atoms with E-state index in [1.54, 1.807) is 24.4 Å². The smallest absolute Gasteiger partial charge is 0.246 e.